The van der Waals surface area contributed by atoms with Gasteiger partial charge in [0, 0.05) is 17.1 Å². The van der Waals surface area contributed by atoms with Crippen LogP contribution < -0.4 is 0 Å². The number of rotatable bonds is 3. The van der Waals surface area contributed by atoms with Gasteiger partial charge in [0.2, 0.25) is 5.76 Å². The summed E-state index contributed by atoms with van der Waals surface area (Å²) in [5.74, 6) is -0.430. The Morgan fingerprint density at radius 2 is 2.05 bits per heavy atom. The number of para-hydroxylation sites is 1. The topological polar surface area (TPSA) is 55.4 Å². The summed E-state index contributed by atoms with van der Waals surface area (Å²) in [6.07, 6.45) is 2.05. The van der Waals surface area contributed by atoms with Crippen LogP contribution in [0.3, 0.4) is 0 Å². The monoisotopic (exact) mass is 255 g/mol. The molecule has 4 nitrogen and oxygen atoms in total. The van der Waals surface area contributed by atoms with E-state index >= 15 is 0 Å². The van der Waals surface area contributed by atoms with Gasteiger partial charge < -0.3 is 14.1 Å². The second kappa shape index (κ2) is 4.31. The van der Waals surface area contributed by atoms with Gasteiger partial charge in [0.1, 0.15) is 5.76 Å². The van der Waals surface area contributed by atoms with E-state index in [1.165, 1.54) is 17.0 Å². The predicted octanol–water partition coefficient (Wildman–Crippen LogP) is 3.29. The first-order chi connectivity index (χ1) is 9.15. The van der Waals surface area contributed by atoms with Crippen LogP contribution in [0.15, 0.2) is 47.0 Å². The largest absolute Gasteiger partial charge is 0.475 e. The number of hydrogen-bond donors (Lipinski definition) is 1. The zero-order valence-electron chi connectivity index (χ0n) is 10.5. The fraction of sp³-hybridized carbons (Fsp3) is 0.133. The molecule has 0 aliphatic carbocycles. The lowest BCUT2D eigenvalue weighted by molar-refractivity contribution is 0.0660. The maximum absolute atomic E-state index is 10.8. The Hall–Kier alpha value is -2.49. The SMILES string of the molecule is Cc1cn(Cc2ccc(C(=O)O)o2)c2ccccc12. The molecule has 0 amide bonds. The van der Waals surface area contributed by atoms with Gasteiger partial charge >= 0.3 is 5.97 Å². The number of aryl methyl sites for hydroxylation is 1. The minimum Gasteiger partial charge on any atom is -0.475 e. The fourth-order valence-corrected chi connectivity index (χ4v) is 2.31. The van der Waals surface area contributed by atoms with Crippen molar-refractivity contribution in [1.82, 2.24) is 4.57 Å². The molecule has 3 rings (SSSR count). The molecule has 19 heavy (non-hydrogen) atoms. The van der Waals surface area contributed by atoms with Crippen molar-refractivity contribution in [2.75, 3.05) is 0 Å². The van der Waals surface area contributed by atoms with Gasteiger partial charge in [-0.25, -0.2) is 4.79 Å². The number of benzene rings is 1. The van der Waals surface area contributed by atoms with Crippen molar-refractivity contribution in [3.63, 3.8) is 0 Å². The van der Waals surface area contributed by atoms with E-state index in [0.717, 1.165) is 5.52 Å². The first-order valence-electron chi connectivity index (χ1n) is 6.01. The molecule has 4 heteroatoms. The highest BCUT2D eigenvalue weighted by Crippen LogP contribution is 2.22. The Labute approximate surface area is 109 Å². The van der Waals surface area contributed by atoms with Crippen LogP contribution in [0.25, 0.3) is 10.9 Å². The number of aromatic carboxylic acids is 1. The number of aromatic nitrogens is 1. The maximum atomic E-state index is 10.8. The van der Waals surface area contributed by atoms with Crippen molar-refractivity contribution in [3.05, 3.63) is 59.7 Å². The van der Waals surface area contributed by atoms with Crippen LogP contribution in [0.4, 0.5) is 0 Å². The number of carboxylic acids is 1. The van der Waals surface area contributed by atoms with Gasteiger partial charge in [-0.2, -0.15) is 0 Å². The lowest BCUT2D eigenvalue weighted by atomic mass is 10.2. The maximum Gasteiger partial charge on any atom is 0.371 e. The van der Waals surface area contributed by atoms with Crippen LogP contribution >= 0.6 is 0 Å². The van der Waals surface area contributed by atoms with Crippen molar-refractivity contribution in [2.45, 2.75) is 13.5 Å². The van der Waals surface area contributed by atoms with Crippen molar-refractivity contribution in [3.8, 4) is 0 Å². The molecule has 0 aliphatic heterocycles. The summed E-state index contributed by atoms with van der Waals surface area (Å²) in [4.78, 5) is 10.8. The summed E-state index contributed by atoms with van der Waals surface area (Å²) in [7, 11) is 0. The summed E-state index contributed by atoms with van der Waals surface area (Å²) in [6, 6.07) is 11.3. The molecule has 0 saturated carbocycles. The molecule has 0 radical (unpaired) electrons. The van der Waals surface area contributed by atoms with Gasteiger partial charge in [-0.1, -0.05) is 18.2 Å². The zero-order valence-corrected chi connectivity index (χ0v) is 10.5. The molecule has 3 aromatic rings. The van der Waals surface area contributed by atoms with Crippen LogP contribution in [-0.4, -0.2) is 15.6 Å². The van der Waals surface area contributed by atoms with Crippen molar-refractivity contribution in [2.24, 2.45) is 0 Å². The second-order valence-electron chi connectivity index (χ2n) is 4.53. The summed E-state index contributed by atoms with van der Waals surface area (Å²) in [5, 5.41) is 10.0. The van der Waals surface area contributed by atoms with E-state index in [4.69, 9.17) is 9.52 Å². The standard InChI is InChI=1S/C15H13NO3/c1-10-8-16(13-5-3-2-4-12(10)13)9-11-6-7-14(19-11)15(17)18/h2-8H,9H2,1H3,(H,17,18). The first kappa shape index (κ1) is 11.6. The first-order valence-corrected chi connectivity index (χ1v) is 6.01. The average molecular weight is 255 g/mol. The molecular formula is C15H13NO3. The Morgan fingerprint density at radius 1 is 1.26 bits per heavy atom. The minimum absolute atomic E-state index is 0.0248. The van der Waals surface area contributed by atoms with Gasteiger partial charge in [-0.3, -0.25) is 0 Å². The van der Waals surface area contributed by atoms with Crippen LogP contribution in [-0.2, 0) is 6.54 Å². The Morgan fingerprint density at radius 3 is 2.79 bits per heavy atom. The molecule has 2 heterocycles. The lowest BCUT2D eigenvalue weighted by Crippen LogP contribution is -1.97. The van der Waals surface area contributed by atoms with Gasteiger partial charge in [0.05, 0.1) is 6.54 Å². The highest BCUT2D eigenvalue weighted by atomic mass is 16.4. The number of furan rings is 1. The number of hydrogen-bond acceptors (Lipinski definition) is 2. The lowest BCUT2D eigenvalue weighted by Gasteiger charge is -2.02. The molecule has 0 fully saturated rings. The average Bonchev–Trinajstić information content (AvgIpc) is 2.97. The van der Waals surface area contributed by atoms with E-state index in [1.54, 1.807) is 6.07 Å². The van der Waals surface area contributed by atoms with E-state index in [0.29, 0.717) is 12.3 Å². The van der Waals surface area contributed by atoms with Crippen molar-refractivity contribution < 1.29 is 14.3 Å². The van der Waals surface area contributed by atoms with Crippen molar-refractivity contribution in [1.29, 1.82) is 0 Å². The highest BCUT2D eigenvalue weighted by Gasteiger charge is 2.11. The van der Waals surface area contributed by atoms with Gasteiger partial charge in [0.25, 0.3) is 0 Å². The van der Waals surface area contributed by atoms with E-state index in [1.807, 2.05) is 24.4 Å². The highest BCUT2D eigenvalue weighted by molar-refractivity contribution is 5.84. The predicted molar refractivity (Wildman–Crippen MR) is 71.4 cm³/mol. The third kappa shape index (κ3) is 2.01. The molecule has 0 atom stereocenters. The smallest absolute Gasteiger partial charge is 0.371 e. The summed E-state index contributed by atoms with van der Waals surface area (Å²) < 4.78 is 7.35. The van der Waals surface area contributed by atoms with E-state index in [9.17, 15) is 4.79 Å². The fourth-order valence-electron chi connectivity index (χ4n) is 2.31. The van der Waals surface area contributed by atoms with Gasteiger partial charge in [0.15, 0.2) is 0 Å². The summed E-state index contributed by atoms with van der Waals surface area (Å²) >= 11 is 0. The van der Waals surface area contributed by atoms with E-state index in [-0.39, 0.29) is 5.76 Å². The quantitative estimate of drug-likeness (QED) is 0.781. The second-order valence-corrected chi connectivity index (χ2v) is 4.53. The molecular weight excluding hydrogens is 242 g/mol. The van der Waals surface area contributed by atoms with Crippen LogP contribution in [0, 0.1) is 6.92 Å². The van der Waals surface area contributed by atoms with Crippen LogP contribution in [0.5, 0.6) is 0 Å². The Balaban J connectivity index is 1.98. The van der Waals surface area contributed by atoms with Crippen LogP contribution in [0.1, 0.15) is 21.9 Å². The molecule has 0 aliphatic rings. The third-order valence-corrected chi connectivity index (χ3v) is 3.19. The molecule has 0 bridgehead atoms. The third-order valence-electron chi connectivity index (χ3n) is 3.19. The minimum atomic E-state index is -1.04. The molecule has 1 N–H and O–H groups in total. The molecule has 0 saturated heterocycles. The Kier molecular flexibility index (Phi) is 2.63. The summed E-state index contributed by atoms with van der Waals surface area (Å²) in [6.45, 7) is 2.59. The van der Waals surface area contributed by atoms with E-state index in [2.05, 4.69) is 17.6 Å². The van der Waals surface area contributed by atoms with Gasteiger partial charge in [-0.05, 0) is 30.7 Å². The molecule has 1 aromatic carbocycles. The molecule has 2 aromatic heterocycles. The number of carboxylic acid groups (broad SMARTS) is 1. The Bertz CT molecular complexity index is 752. The molecule has 96 valence electrons. The molecule has 0 unspecified atom stereocenters. The zero-order chi connectivity index (χ0) is 13.4. The van der Waals surface area contributed by atoms with Gasteiger partial charge in [-0.15, -0.1) is 0 Å². The van der Waals surface area contributed by atoms with Crippen molar-refractivity contribution >= 4 is 16.9 Å². The van der Waals surface area contributed by atoms with E-state index < -0.39 is 5.97 Å². The molecule has 0 spiro atoms. The number of fused-ring (bicyclic) bond motifs is 1. The summed E-state index contributed by atoms with van der Waals surface area (Å²) in [5.41, 5.74) is 2.31. The normalized spacial score (nSPS) is 11.0. The van der Waals surface area contributed by atoms with Crippen LogP contribution in [0.2, 0.25) is 0 Å². The number of carbonyl (C=O) groups is 1. The number of nitrogens with zero attached hydrogens (tertiary/aromatic N) is 1.